The Morgan fingerprint density at radius 3 is 2.75 bits per heavy atom. The molecule has 0 unspecified atom stereocenters. The Bertz CT molecular complexity index is 774. The maximum absolute atomic E-state index is 12.4. The average molecular weight is 395 g/mol. The molecule has 0 radical (unpaired) electrons. The number of rotatable bonds is 5. The van der Waals surface area contributed by atoms with Crippen molar-refractivity contribution in [2.45, 2.75) is 6.92 Å². The zero-order valence-corrected chi connectivity index (χ0v) is 14.7. The fraction of sp³-hybridized carbons (Fsp3) is 0.235. The van der Waals surface area contributed by atoms with Crippen molar-refractivity contribution in [1.82, 2.24) is 0 Å². The lowest BCUT2D eigenvalue weighted by Crippen LogP contribution is -2.09. The van der Waals surface area contributed by atoms with Crippen molar-refractivity contribution in [3.8, 4) is 28.7 Å². The van der Waals surface area contributed by atoms with E-state index in [9.17, 15) is 4.79 Å². The summed E-state index contributed by atoms with van der Waals surface area (Å²) in [5.74, 6) is 2.02. The Morgan fingerprint density at radius 1 is 1.21 bits per heavy atom. The van der Waals surface area contributed by atoms with Crippen LogP contribution in [0.15, 0.2) is 34.8 Å². The van der Waals surface area contributed by atoms with Crippen LogP contribution in [0.3, 0.4) is 0 Å². The number of ether oxygens (including phenoxy) is 5. The summed E-state index contributed by atoms with van der Waals surface area (Å²) in [6, 6.07) is 8.16. The average Bonchev–Trinajstić information content (AvgIpc) is 3.02. The summed E-state index contributed by atoms with van der Waals surface area (Å²) in [4.78, 5) is 12.4. The van der Waals surface area contributed by atoms with Crippen molar-refractivity contribution in [2.75, 3.05) is 20.5 Å². The number of hydrogen-bond donors (Lipinski definition) is 0. The minimum atomic E-state index is -0.516. The highest BCUT2D eigenvalue weighted by atomic mass is 79.9. The molecule has 1 aliphatic rings. The number of halogens is 1. The van der Waals surface area contributed by atoms with E-state index < -0.39 is 5.97 Å². The SMILES string of the molecule is CCOc1cc(C(=O)Oc2ccc3c(c2)OCO3)cc(Br)c1OC. The van der Waals surface area contributed by atoms with Gasteiger partial charge in [-0.2, -0.15) is 0 Å². The van der Waals surface area contributed by atoms with Gasteiger partial charge in [-0.25, -0.2) is 4.79 Å². The van der Waals surface area contributed by atoms with Crippen LogP contribution < -0.4 is 23.7 Å². The van der Waals surface area contributed by atoms with E-state index in [1.54, 1.807) is 30.3 Å². The van der Waals surface area contributed by atoms with Crippen molar-refractivity contribution < 1.29 is 28.5 Å². The van der Waals surface area contributed by atoms with E-state index in [-0.39, 0.29) is 6.79 Å². The first-order valence-electron chi connectivity index (χ1n) is 7.24. The smallest absolute Gasteiger partial charge is 0.343 e. The molecule has 7 heteroatoms. The summed E-state index contributed by atoms with van der Waals surface area (Å²) >= 11 is 3.37. The third-order valence-electron chi connectivity index (χ3n) is 3.30. The first-order chi connectivity index (χ1) is 11.6. The Morgan fingerprint density at radius 2 is 2.00 bits per heavy atom. The Labute approximate surface area is 147 Å². The highest BCUT2D eigenvalue weighted by molar-refractivity contribution is 9.10. The predicted octanol–water partition coefficient (Wildman–Crippen LogP) is 3.80. The van der Waals surface area contributed by atoms with Crippen molar-refractivity contribution in [3.63, 3.8) is 0 Å². The normalized spacial score (nSPS) is 12.0. The van der Waals surface area contributed by atoms with Crippen molar-refractivity contribution in [1.29, 1.82) is 0 Å². The number of methoxy groups -OCH3 is 1. The van der Waals surface area contributed by atoms with Crippen LogP contribution in [0.4, 0.5) is 0 Å². The lowest BCUT2D eigenvalue weighted by atomic mass is 10.2. The predicted molar refractivity (Wildman–Crippen MR) is 89.4 cm³/mol. The largest absolute Gasteiger partial charge is 0.492 e. The molecule has 0 aliphatic carbocycles. The zero-order chi connectivity index (χ0) is 17.1. The first kappa shape index (κ1) is 16.4. The van der Waals surface area contributed by atoms with Gasteiger partial charge in [0.15, 0.2) is 23.0 Å². The molecule has 0 fully saturated rings. The third kappa shape index (κ3) is 3.26. The summed E-state index contributed by atoms with van der Waals surface area (Å²) < 4.78 is 27.3. The zero-order valence-electron chi connectivity index (χ0n) is 13.1. The van der Waals surface area contributed by atoms with Gasteiger partial charge in [-0.1, -0.05) is 0 Å². The van der Waals surface area contributed by atoms with E-state index in [2.05, 4.69) is 15.9 Å². The highest BCUT2D eigenvalue weighted by Crippen LogP contribution is 2.38. The Kier molecular flexibility index (Phi) is 4.80. The summed E-state index contributed by atoms with van der Waals surface area (Å²) in [5, 5.41) is 0. The number of benzene rings is 2. The molecule has 1 aliphatic heterocycles. The maximum atomic E-state index is 12.4. The molecular formula is C17H15BrO6. The van der Waals surface area contributed by atoms with Crippen LogP contribution in [0.1, 0.15) is 17.3 Å². The fourth-order valence-electron chi connectivity index (χ4n) is 2.25. The van der Waals surface area contributed by atoms with Gasteiger partial charge in [0.25, 0.3) is 0 Å². The number of hydrogen-bond acceptors (Lipinski definition) is 6. The van der Waals surface area contributed by atoms with E-state index in [1.165, 1.54) is 7.11 Å². The quantitative estimate of drug-likeness (QED) is 0.567. The lowest BCUT2D eigenvalue weighted by Gasteiger charge is -2.13. The molecule has 0 bridgehead atoms. The second-order valence-electron chi connectivity index (χ2n) is 4.83. The molecule has 0 saturated carbocycles. The van der Waals surface area contributed by atoms with Gasteiger partial charge in [0.05, 0.1) is 23.8 Å². The topological polar surface area (TPSA) is 63.2 Å². The molecule has 0 spiro atoms. The van der Waals surface area contributed by atoms with Gasteiger partial charge in [-0.05, 0) is 47.1 Å². The molecule has 3 rings (SSSR count). The van der Waals surface area contributed by atoms with Gasteiger partial charge >= 0.3 is 5.97 Å². The second kappa shape index (κ2) is 7.00. The van der Waals surface area contributed by atoms with Gasteiger partial charge in [-0.3, -0.25) is 0 Å². The minimum absolute atomic E-state index is 0.163. The van der Waals surface area contributed by atoms with Crippen LogP contribution in [0, 0.1) is 0 Å². The van der Waals surface area contributed by atoms with E-state index in [0.29, 0.717) is 45.4 Å². The van der Waals surface area contributed by atoms with E-state index in [4.69, 9.17) is 23.7 Å². The van der Waals surface area contributed by atoms with Crippen molar-refractivity contribution >= 4 is 21.9 Å². The molecule has 126 valence electrons. The Balaban J connectivity index is 1.84. The second-order valence-corrected chi connectivity index (χ2v) is 5.68. The summed E-state index contributed by atoms with van der Waals surface area (Å²) in [6.45, 7) is 2.46. The highest BCUT2D eigenvalue weighted by Gasteiger charge is 2.19. The van der Waals surface area contributed by atoms with Gasteiger partial charge < -0.3 is 23.7 Å². The van der Waals surface area contributed by atoms with Crippen LogP contribution in [0.2, 0.25) is 0 Å². The van der Waals surface area contributed by atoms with Crippen LogP contribution in [-0.4, -0.2) is 26.5 Å². The monoisotopic (exact) mass is 394 g/mol. The van der Waals surface area contributed by atoms with E-state index >= 15 is 0 Å². The maximum Gasteiger partial charge on any atom is 0.343 e. The van der Waals surface area contributed by atoms with Crippen LogP contribution in [0.5, 0.6) is 28.7 Å². The molecule has 2 aromatic carbocycles. The minimum Gasteiger partial charge on any atom is -0.492 e. The molecular weight excluding hydrogens is 380 g/mol. The number of carbonyl (C=O) groups is 1. The molecule has 6 nitrogen and oxygen atoms in total. The number of fused-ring (bicyclic) bond motifs is 1. The van der Waals surface area contributed by atoms with Gasteiger partial charge in [0.2, 0.25) is 6.79 Å². The van der Waals surface area contributed by atoms with E-state index in [1.807, 2.05) is 6.92 Å². The standard InChI is InChI=1S/C17H15BrO6/c1-3-21-15-7-10(6-12(18)16(15)20-2)17(19)24-11-4-5-13-14(8-11)23-9-22-13/h4-8H,3,9H2,1-2H3. The van der Waals surface area contributed by atoms with Crippen LogP contribution >= 0.6 is 15.9 Å². The van der Waals surface area contributed by atoms with Gasteiger partial charge in [0.1, 0.15) is 5.75 Å². The summed E-state index contributed by atoms with van der Waals surface area (Å²) in [6.07, 6.45) is 0. The molecule has 2 aromatic rings. The third-order valence-corrected chi connectivity index (χ3v) is 3.89. The lowest BCUT2D eigenvalue weighted by molar-refractivity contribution is 0.0734. The van der Waals surface area contributed by atoms with Gasteiger partial charge in [0, 0.05) is 6.07 Å². The summed E-state index contributed by atoms with van der Waals surface area (Å²) in [7, 11) is 1.53. The van der Waals surface area contributed by atoms with Crippen molar-refractivity contribution in [2.24, 2.45) is 0 Å². The van der Waals surface area contributed by atoms with E-state index in [0.717, 1.165) is 0 Å². The molecule has 1 heterocycles. The van der Waals surface area contributed by atoms with Crippen molar-refractivity contribution in [3.05, 3.63) is 40.4 Å². The Hall–Kier alpha value is -2.41. The fourth-order valence-corrected chi connectivity index (χ4v) is 2.86. The molecule has 0 atom stereocenters. The molecule has 0 aromatic heterocycles. The summed E-state index contributed by atoms with van der Waals surface area (Å²) in [5.41, 5.74) is 0.337. The molecule has 0 amide bonds. The van der Waals surface area contributed by atoms with Crippen LogP contribution in [-0.2, 0) is 0 Å². The van der Waals surface area contributed by atoms with Crippen LogP contribution in [0.25, 0.3) is 0 Å². The molecule has 0 N–H and O–H groups in total. The number of carbonyl (C=O) groups excluding carboxylic acids is 1. The number of esters is 1. The molecule has 24 heavy (non-hydrogen) atoms. The first-order valence-corrected chi connectivity index (χ1v) is 8.03. The van der Waals surface area contributed by atoms with Gasteiger partial charge in [-0.15, -0.1) is 0 Å². The molecule has 0 saturated heterocycles.